The highest BCUT2D eigenvalue weighted by Gasteiger charge is 2.54. The summed E-state index contributed by atoms with van der Waals surface area (Å²) in [7, 11) is 1.66. The van der Waals surface area contributed by atoms with Gasteiger partial charge in [0.1, 0.15) is 6.10 Å². The molecule has 5 atom stereocenters. The van der Waals surface area contributed by atoms with E-state index in [0.29, 0.717) is 31.1 Å². The summed E-state index contributed by atoms with van der Waals surface area (Å²) in [6.07, 6.45) is 13.6. The molecule has 6 nitrogen and oxygen atoms in total. The predicted octanol–water partition coefficient (Wildman–Crippen LogP) is 5.86. The van der Waals surface area contributed by atoms with Crippen LogP contribution in [0.5, 0.6) is 0 Å². The minimum Gasteiger partial charge on any atom is -0.459 e. The number of thioether (sulfide) groups is 1. The Balaban J connectivity index is 1.85. The summed E-state index contributed by atoms with van der Waals surface area (Å²) in [6, 6.07) is -0.186. The van der Waals surface area contributed by atoms with E-state index < -0.39 is 5.79 Å². The predicted molar refractivity (Wildman–Crippen MR) is 132 cm³/mol. The summed E-state index contributed by atoms with van der Waals surface area (Å²) in [5, 5.41) is 0.0891. The van der Waals surface area contributed by atoms with Crippen molar-refractivity contribution in [1.82, 2.24) is 4.90 Å². The summed E-state index contributed by atoms with van der Waals surface area (Å²) < 4.78 is 18.7. The number of nitrogens with zero attached hydrogens (tertiary/aromatic N) is 1. The van der Waals surface area contributed by atoms with E-state index in [1.807, 2.05) is 11.8 Å². The Morgan fingerprint density at radius 2 is 2.06 bits per heavy atom. The van der Waals surface area contributed by atoms with Crippen LogP contribution in [0, 0.1) is 5.92 Å². The van der Waals surface area contributed by atoms with Gasteiger partial charge in [-0.15, -0.1) is 0 Å². The smallest absolute Gasteiger partial charge is 0.330 e. The van der Waals surface area contributed by atoms with Crippen molar-refractivity contribution in [2.75, 3.05) is 19.4 Å². The topological polar surface area (TPSA) is 65.1 Å². The molecule has 0 aliphatic carbocycles. The van der Waals surface area contributed by atoms with Gasteiger partial charge in [-0.2, -0.15) is 0 Å². The number of ether oxygens (including phenoxy) is 3. The van der Waals surface area contributed by atoms with E-state index in [2.05, 4.69) is 26.0 Å². The Labute approximate surface area is 203 Å². The molecule has 2 fully saturated rings. The minimum atomic E-state index is -0.964. The van der Waals surface area contributed by atoms with Gasteiger partial charge in [0.15, 0.2) is 5.79 Å². The summed E-state index contributed by atoms with van der Waals surface area (Å²) in [5.41, 5.74) is 1.02. The number of carbonyl (C=O) groups is 2. The summed E-state index contributed by atoms with van der Waals surface area (Å²) >= 11 is 1.34. The third kappa shape index (κ3) is 7.09. The van der Waals surface area contributed by atoms with Gasteiger partial charge in [-0.1, -0.05) is 56.2 Å². The van der Waals surface area contributed by atoms with Crippen molar-refractivity contribution in [3.63, 3.8) is 0 Å². The molecule has 0 aromatic rings. The maximum Gasteiger partial charge on any atom is 0.330 e. The Morgan fingerprint density at radius 3 is 2.82 bits per heavy atom. The van der Waals surface area contributed by atoms with Crippen molar-refractivity contribution >= 4 is 23.0 Å². The number of fused-ring (bicyclic) bond motifs is 2. The lowest BCUT2D eigenvalue weighted by Crippen LogP contribution is -2.60. The summed E-state index contributed by atoms with van der Waals surface area (Å²) in [4.78, 5) is 27.3. The first kappa shape index (κ1) is 26.3. The van der Waals surface area contributed by atoms with Crippen molar-refractivity contribution in [3.8, 4) is 0 Å². The van der Waals surface area contributed by atoms with Crippen LogP contribution in [0.3, 0.4) is 0 Å². The molecule has 0 N–H and O–H groups in total. The zero-order valence-electron chi connectivity index (χ0n) is 20.7. The average molecular weight is 480 g/mol. The highest BCUT2D eigenvalue weighted by Crippen LogP contribution is 2.42. The molecular weight excluding hydrogens is 438 g/mol. The fraction of sp³-hybridized carbons (Fsp3) is 0.769. The molecule has 3 rings (SSSR count). The second-order valence-electron chi connectivity index (χ2n) is 9.76. The van der Waals surface area contributed by atoms with Gasteiger partial charge >= 0.3 is 5.97 Å². The summed E-state index contributed by atoms with van der Waals surface area (Å²) in [5.74, 6) is -0.178. The number of amides is 1. The van der Waals surface area contributed by atoms with Crippen LogP contribution in [0.25, 0.3) is 0 Å². The summed E-state index contributed by atoms with van der Waals surface area (Å²) in [6.45, 7) is 7.08. The fourth-order valence-electron chi connectivity index (χ4n) is 5.07. The van der Waals surface area contributed by atoms with Gasteiger partial charge in [0, 0.05) is 38.3 Å². The van der Waals surface area contributed by atoms with Crippen molar-refractivity contribution in [1.29, 1.82) is 0 Å². The van der Waals surface area contributed by atoms with Crippen LogP contribution in [-0.4, -0.2) is 59.6 Å². The number of allylic oxidation sites excluding steroid dienone is 3. The van der Waals surface area contributed by atoms with E-state index in [4.69, 9.17) is 14.2 Å². The fourth-order valence-corrected chi connectivity index (χ4v) is 6.19. The molecule has 7 heteroatoms. The first-order valence-corrected chi connectivity index (χ1v) is 13.6. The maximum absolute atomic E-state index is 12.7. The van der Waals surface area contributed by atoms with Gasteiger partial charge in [0.05, 0.1) is 12.1 Å². The van der Waals surface area contributed by atoms with Gasteiger partial charge in [0.2, 0.25) is 0 Å². The molecule has 2 bridgehead atoms. The highest BCUT2D eigenvalue weighted by atomic mass is 32.2. The van der Waals surface area contributed by atoms with E-state index in [1.165, 1.54) is 11.8 Å². The maximum atomic E-state index is 12.7. The average Bonchev–Trinajstić information content (AvgIpc) is 3.15. The molecule has 3 heterocycles. The van der Waals surface area contributed by atoms with Crippen LogP contribution in [0.1, 0.15) is 78.6 Å². The molecule has 0 aromatic carbocycles. The molecule has 2 saturated heterocycles. The second kappa shape index (κ2) is 12.4. The van der Waals surface area contributed by atoms with Crippen LogP contribution in [0.4, 0.5) is 4.79 Å². The number of rotatable bonds is 6. The SMILES string of the molecule is CCCCCN1C(=O)SC[C@H]1[C@@]1(OC)C[C@H]2C[C@@H](CC[C@H](C)/C=C\CC/C(C)=C\C(=O)O2)O1. The van der Waals surface area contributed by atoms with Gasteiger partial charge < -0.3 is 19.1 Å². The standard InChI is InChI=1S/C26H41NO5S/c1-5-6-9-14-27-23(18-33-25(27)29)26(30-4)17-22-16-21(32-26)13-12-19(2)10-7-8-11-20(3)15-24(28)31-22/h7,10,15,19,21-23H,5-6,8-9,11-14,16-18H2,1-4H3/b10-7-,20-15-/t19-,21-,22-,23+,26-/m1/s1. The first-order valence-electron chi connectivity index (χ1n) is 12.6. The molecule has 1 amide bonds. The molecule has 3 aliphatic rings. The van der Waals surface area contributed by atoms with E-state index in [9.17, 15) is 9.59 Å². The molecule has 186 valence electrons. The van der Waals surface area contributed by atoms with Crippen molar-refractivity contribution < 1.29 is 23.8 Å². The van der Waals surface area contributed by atoms with Crippen molar-refractivity contribution in [2.24, 2.45) is 5.92 Å². The van der Waals surface area contributed by atoms with Crippen LogP contribution >= 0.6 is 11.8 Å². The van der Waals surface area contributed by atoms with Gasteiger partial charge in [-0.3, -0.25) is 4.79 Å². The van der Waals surface area contributed by atoms with Gasteiger partial charge in [-0.05, 0) is 44.9 Å². The number of esters is 1. The number of hydrogen-bond acceptors (Lipinski definition) is 6. The van der Waals surface area contributed by atoms with Crippen LogP contribution < -0.4 is 0 Å². The highest BCUT2D eigenvalue weighted by molar-refractivity contribution is 8.13. The number of carbonyl (C=O) groups excluding carboxylic acids is 2. The zero-order valence-corrected chi connectivity index (χ0v) is 21.5. The quantitative estimate of drug-likeness (QED) is 0.270. The van der Waals surface area contributed by atoms with Crippen LogP contribution in [0.2, 0.25) is 0 Å². The lowest BCUT2D eigenvalue weighted by molar-refractivity contribution is -0.305. The van der Waals surface area contributed by atoms with Crippen molar-refractivity contribution in [3.05, 3.63) is 23.8 Å². The van der Waals surface area contributed by atoms with Crippen molar-refractivity contribution in [2.45, 2.75) is 103 Å². The number of hydrogen-bond donors (Lipinski definition) is 0. The number of unbranched alkanes of at least 4 members (excludes halogenated alkanes) is 2. The largest absolute Gasteiger partial charge is 0.459 e. The molecule has 0 saturated carbocycles. The first-order chi connectivity index (χ1) is 15.9. The Kier molecular flexibility index (Phi) is 9.89. The second-order valence-corrected chi connectivity index (χ2v) is 10.7. The molecule has 0 aromatic heterocycles. The minimum absolute atomic E-state index is 0.0847. The Morgan fingerprint density at radius 1 is 1.24 bits per heavy atom. The monoisotopic (exact) mass is 479 g/mol. The lowest BCUT2D eigenvalue weighted by Gasteiger charge is -2.48. The Bertz CT molecular complexity index is 738. The molecule has 33 heavy (non-hydrogen) atoms. The molecule has 3 aliphatic heterocycles. The van der Waals surface area contributed by atoms with Crippen LogP contribution in [-0.2, 0) is 19.0 Å². The van der Waals surface area contributed by atoms with Gasteiger partial charge in [-0.25, -0.2) is 4.79 Å². The molecule has 0 unspecified atom stereocenters. The van der Waals surface area contributed by atoms with Gasteiger partial charge in [0.25, 0.3) is 5.24 Å². The number of methoxy groups -OCH3 is 1. The van der Waals surface area contributed by atoms with Crippen LogP contribution in [0.15, 0.2) is 23.8 Å². The normalized spacial score (nSPS) is 36.6. The lowest BCUT2D eigenvalue weighted by atomic mass is 9.89. The molecule has 0 radical (unpaired) electrons. The molecular formula is C26H41NO5S. The Hall–Kier alpha value is -1.31. The third-order valence-electron chi connectivity index (χ3n) is 7.00. The van der Waals surface area contributed by atoms with E-state index >= 15 is 0 Å². The van der Waals surface area contributed by atoms with E-state index in [-0.39, 0.29) is 29.5 Å². The molecule has 0 spiro atoms. The third-order valence-corrected chi connectivity index (χ3v) is 7.96. The zero-order chi connectivity index (χ0) is 23.8. The van der Waals surface area contributed by atoms with E-state index in [1.54, 1.807) is 13.2 Å². The van der Waals surface area contributed by atoms with E-state index in [0.717, 1.165) is 50.5 Å².